The lowest BCUT2D eigenvalue weighted by molar-refractivity contribution is -0.137. The first kappa shape index (κ1) is 24.3. The summed E-state index contributed by atoms with van der Waals surface area (Å²) in [6.07, 6.45) is 0. The number of amides is 1. The molecule has 0 saturated heterocycles. The number of carboxylic acid groups (broad SMARTS) is 1. The maximum absolute atomic E-state index is 13.0. The van der Waals surface area contributed by atoms with E-state index in [1.54, 1.807) is 0 Å². The molecular weight excluding hydrogens is 478 g/mol. The van der Waals surface area contributed by atoms with Gasteiger partial charge in [-0.15, -0.1) is 0 Å². The van der Waals surface area contributed by atoms with E-state index in [1.165, 1.54) is 45.5 Å². The maximum Gasteiger partial charge on any atom is 0.323 e. The second-order valence-corrected chi connectivity index (χ2v) is 10.9. The number of anilines is 2. The van der Waals surface area contributed by atoms with Crippen molar-refractivity contribution in [2.24, 2.45) is 0 Å². The molecule has 0 fully saturated rings. The molecule has 12 nitrogen and oxygen atoms in total. The van der Waals surface area contributed by atoms with Crippen LogP contribution in [0.2, 0.25) is 0 Å². The number of aliphatic carboxylic acids is 1. The lowest BCUT2D eigenvalue weighted by atomic mass is 10.2. The van der Waals surface area contributed by atoms with Gasteiger partial charge < -0.3 is 14.6 Å². The average Bonchev–Trinajstić information content (AvgIpc) is 2.74. The van der Waals surface area contributed by atoms with Crippen LogP contribution in [0.1, 0.15) is 0 Å². The van der Waals surface area contributed by atoms with Crippen molar-refractivity contribution in [1.29, 1.82) is 0 Å². The van der Waals surface area contributed by atoms with Crippen molar-refractivity contribution in [2.45, 2.75) is 9.79 Å². The van der Waals surface area contributed by atoms with Gasteiger partial charge in [0.05, 0.1) is 23.4 Å². The SMILES string of the molecule is COc1ccc(NS(=O)(=O)c2ccc3c(c2)N(CC(=O)O)C(=O)CO3)cc1S(=O)(=O)N(C)C. The number of nitrogens with one attached hydrogen (secondary N) is 1. The Balaban J connectivity index is 2.01. The van der Waals surface area contributed by atoms with Gasteiger partial charge in [0.25, 0.3) is 15.9 Å². The molecule has 33 heavy (non-hydrogen) atoms. The lowest BCUT2D eigenvalue weighted by Gasteiger charge is -2.28. The van der Waals surface area contributed by atoms with Crippen molar-refractivity contribution in [3.05, 3.63) is 36.4 Å². The van der Waals surface area contributed by atoms with E-state index in [0.29, 0.717) is 0 Å². The van der Waals surface area contributed by atoms with Crippen molar-refractivity contribution in [3.8, 4) is 11.5 Å². The Morgan fingerprint density at radius 1 is 1.18 bits per heavy atom. The van der Waals surface area contributed by atoms with Crippen LogP contribution in [0, 0.1) is 0 Å². The molecule has 178 valence electrons. The number of hydrogen-bond acceptors (Lipinski definition) is 8. The Morgan fingerprint density at radius 3 is 2.48 bits per heavy atom. The van der Waals surface area contributed by atoms with Gasteiger partial charge in [-0.1, -0.05) is 0 Å². The molecule has 1 aliphatic rings. The number of fused-ring (bicyclic) bond motifs is 1. The summed E-state index contributed by atoms with van der Waals surface area (Å²) in [5, 5.41) is 9.08. The number of methoxy groups -OCH3 is 1. The number of carbonyl (C=O) groups is 2. The average molecular weight is 500 g/mol. The van der Waals surface area contributed by atoms with E-state index in [1.807, 2.05) is 0 Å². The van der Waals surface area contributed by atoms with Crippen molar-refractivity contribution in [3.63, 3.8) is 0 Å². The maximum atomic E-state index is 13.0. The lowest BCUT2D eigenvalue weighted by Crippen LogP contribution is -2.42. The highest BCUT2D eigenvalue weighted by atomic mass is 32.2. The number of carboxylic acids is 1. The molecule has 0 atom stereocenters. The number of benzene rings is 2. The molecule has 0 aromatic heterocycles. The van der Waals surface area contributed by atoms with Crippen LogP contribution in [-0.4, -0.2) is 72.5 Å². The third-order valence-electron chi connectivity index (χ3n) is 4.65. The monoisotopic (exact) mass is 499 g/mol. The number of ether oxygens (including phenoxy) is 2. The van der Waals surface area contributed by atoms with E-state index in [4.69, 9.17) is 14.6 Å². The first-order chi connectivity index (χ1) is 15.4. The van der Waals surface area contributed by atoms with Gasteiger partial charge in [0.1, 0.15) is 22.9 Å². The molecule has 2 N–H and O–H groups in total. The molecule has 0 saturated carbocycles. The fraction of sp³-hybridized carbons (Fsp3) is 0.263. The molecule has 0 aliphatic carbocycles. The predicted molar refractivity (Wildman–Crippen MR) is 117 cm³/mol. The highest BCUT2D eigenvalue weighted by molar-refractivity contribution is 7.92. The third kappa shape index (κ3) is 4.86. The molecule has 0 unspecified atom stereocenters. The normalized spacial score (nSPS) is 13.9. The zero-order valence-corrected chi connectivity index (χ0v) is 19.4. The summed E-state index contributed by atoms with van der Waals surface area (Å²) in [6.45, 7) is -1.05. The molecule has 0 spiro atoms. The van der Waals surface area contributed by atoms with Crippen LogP contribution in [0.25, 0.3) is 0 Å². The number of nitrogens with zero attached hydrogens (tertiary/aromatic N) is 2. The summed E-state index contributed by atoms with van der Waals surface area (Å²) in [5.74, 6) is -1.74. The highest BCUT2D eigenvalue weighted by Crippen LogP contribution is 2.35. The second kappa shape index (κ2) is 8.88. The minimum absolute atomic E-state index is 0.0119. The van der Waals surface area contributed by atoms with E-state index in [2.05, 4.69) is 4.72 Å². The second-order valence-electron chi connectivity index (χ2n) is 7.05. The van der Waals surface area contributed by atoms with E-state index in [9.17, 15) is 26.4 Å². The van der Waals surface area contributed by atoms with Crippen molar-refractivity contribution < 1.29 is 41.0 Å². The minimum Gasteiger partial charge on any atom is -0.495 e. The van der Waals surface area contributed by atoms with Gasteiger partial charge in [-0.3, -0.25) is 19.2 Å². The smallest absolute Gasteiger partial charge is 0.323 e. The summed E-state index contributed by atoms with van der Waals surface area (Å²) in [5.41, 5.74) is -0.0641. The third-order valence-corrected chi connectivity index (χ3v) is 7.87. The van der Waals surface area contributed by atoms with Crippen LogP contribution in [0.15, 0.2) is 46.2 Å². The van der Waals surface area contributed by atoms with E-state index < -0.39 is 38.5 Å². The summed E-state index contributed by atoms with van der Waals surface area (Å²) in [4.78, 5) is 23.6. The Hall–Kier alpha value is -3.36. The molecule has 0 radical (unpaired) electrons. The summed E-state index contributed by atoms with van der Waals surface area (Å²) < 4.78 is 64.7. The first-order valence-corrected chi connectivity index (χ1v) is 12.2. The number of sulfonamides is 2. The fourth-order valence-corrected chi connectivity index (χ4v) is 5.15. The van der Waals surface area contributed by atoms with Gasteiger partial charge in [-0.2, -0.15) is 0 Å². The Kier molecular flexibility index (Phi) is 6.53. The van der Waals surface area contributed by atoms with E-state index in [0.717, 1.165) is 21.3 Å². The van der Waals surface area contributed by atoms with E-state index in [-0.39, 0.29) is 39.3 Å². The van der Waals surface area contributed by atoms with Gasteiger partial charge in [-0.05, 0) is 36.4 Å². The van der Waals surface area contributed by atoms with Gasteiger partial charge in [0, 0.05) is 14.1 Å². The zero-order valence-electron chi connectivity index (χ0n) is 17.8. The Bertz CT molecular complexity index is 1320. The molecule has 3 rings (SSSR count). The number of rotatable bonds is 8. The minimum atomic E-state index is -4.26. The Morgan fingerprint density at radius 2 is 1.88 bits per heavy atom. The van der Waals surface area contributed by atoms with Crippen LogP contribution < -0.4 is 19.1 Å². The van der Waals surface area contributed by atoms with Gasteiger partial charge in [-0.25, -0.2) is 21.1 Å². The molecule has 2 aromatic rings. The fourth-order valence-electron chi connectivity index (χ4n) is 3.01. The molecule has 1 amide bonds. The van der Waals surface area contributed by atoms with E-state index >= 15 is 0 Å². The van der Waals surface area contributed by atoms with Gasteiger partial charge in [0.2, 0.25) is 10.0 Å². The Labute approximate surface area is 190 Å². The molecule has 14 heteroatoms. The summed E-state index contributed by atoms with van der Waals surface area (Å²) in [7, 11) is -4.27. The molecule has 1 heterocycles. The number of carbonyl (C=O) groups excluding carboxylic acids is 1. The van der Waals surface area contributed by atoms with Gasteiger partial charge >= 0.3 is 5.97 Å². The first-order valence-electron chi connectivity index (χ1n) is 9.29. The van der Waals surface area contributed by atoms with Crippen LogP contribution in [0.4, 0.5) is 11.4 Å². The highest BCUT2D eigenvalue weighted by Gasteiger charge is 2.30. The quantitative estimate of drug-likeness (QED) is 0.529. The molecule has 1 aliphatic heterocycles. The van der Waals surface area contributed by atoms with Crippen LogP contribution in [-0.2, 0) is 29.6 Å². The zero-order chi connectivity index (χ0) is 24.6. The standard InChI is InChI=1S/C19H21N3O9S2/c1-21(2)33(28,29)17-8-12(4-6-16(17)30-3)20-32(26,27)13-5-7-15-14(9-13)22(10-19(24)25)18(23)11-31-15/h4-9,20H,10-11H2,1-3H3,(H,24,25). The van der Waals surface area contributed by atoms with Crippen molar-refractivity contribution in [2.75, 3.05) is 44.0 Å². The largest absolute Gasteiger partial charge is 0.495 e. The summed E-state index contributed by atoms with van der Waals surface area (Å²) in [6, 6.07) is 7.39. The topological polar surface area (TPSA) is 160 Å². The van der Waals surface area contributed by atoms with Crippen LogP contribution in [0.5, 0.6) is 11.5 Å². The molecule has 0 bridgehead atoms. The summed E-state index contributed by atoms with van der Waals surface area (Å²) >= 11 is 0. The molecular formula is C19H21N3O9S2. The predicted octanol–water partition coefficient (Wildman–Crippen LogP) is 0.556. The van der Waals surface area contributed by atoms with Crippen LogP contribution in [0.3, 0.4) is 0 Å². The molecule has 2 aromatic carbocycles. The van der Waals surface area contributed by atoms with Crippen LogP contribution >= 0.6 is 0 Å². The van der Waals surface area contributed by atoms with Crippen molar-refractivity contribution in [1.82, 2.24) is 4.31 Å². The van der Waals surface area contributed by atoms with Crippen molar-refractivity contribution >= 4 is 43.3 Å². The number of hydrogen-bond donors (Lipinski definition) is 2. The van der Waals surface area contributed by atoms with Gasteiger partial charge in [0.15, 0.2) is 6.61 Å².